The van der Waals surface area contributed by atoms with Gasteiger partial charge in [-0.15, -0.1) is 0 Å². The van der Waals surface area contributed by atoms with Crippen molar-refractivity contribution >= 4 is 56.6 Å². The van der Waals surface area contributed by atoms with Crippen LogP contribution in [0.3, 0.4) is 0 Å². The summed E-state index contributed by atoms with van der Waals surface area (Å²) in [6.07, 6.45) is 5.37. The number of benzene rings is 2. The summed E-state index contributed by atoms with van der Waals surface area (Å²) in [7, 11) is -2.65. The molecule has 0 radical (unpaired) electrons. The highest BCUT2D eigenvalue weighted by atomic mass is 35.5. The third-order valence-corrected chi connectivity index (χ3v) is 9.39. The maximum absolute atomic E-state index is 13.6. The highest BCUT2D eigenvalue weighted by molar-refractivity contribution is 7.89. The number of amides is 2. The molecule has 1 fully saturated rings. The highest BCUT2D eigenvalue weighted by Crippen LogP contribution is 2.28. The second kappa shape index (κ2) is 13.3. The Hall–Kier alpha value is -1.84. The number of rotatable bonds is 10. The number of carbonyl (C=O) groups excluding carboxylic acids is 2. The van der Waals surface area contributed by atoms with Crippen molar-refractivity contribution in [3.63, 3.8) is 0 Å². The minimum atomic E-state index is -3.97. The monoisotopic (exact) mass is 587 g/mol. The molecule has 7 nitrogen and oxygen atoms in total. The Bertz CT molecular complexity index is 1180. The van der Waals surface area contributed by atoms with Crippen LogP contribution in [0.15, 0.2) is 47.4 Å². The van der Waals surface area contributed by atoms with Gasteiger partial charge in [-0.3, -0.25) is 9.59 Å². The zero-order valence-electron chi connectivity index (χ0n) is 20.9. The molecule has 1 unspecified atom stereocenters. The van der Waals surface area contributed by atoms with Gasteiger partial charge in [0, 0.05) is 40.3 Å². The first kappa shape index (κ1) is 29.7. The zero-order chi connectivity index (χ0) is 27.2. The Morgan fingerprint density at radius 1 is 1.00 bits per heavy atom. The average molecular weight is 589 g/mol. The van der Waals surface area contributed by atoms with Gasteiger partial charge in [0.05, 0.1) is 11.4 Å². The smallest absolute Gasteiger partial charge is 0.243 e. The van der Waals surface area contributed by atoms with Gasteiger partial charge in [0.15, 0.2) is 0 Å². The van der Waals surface area contributed by atoms with Gasteiger partial charge in [-0.25, -0.2) is 8.42 Å². The van der Waals surface area contributed by atoms with Crippen LogP contribution in [0.2, 0.25) is 15.1 Å². The van der Waals surface area contributed by atoms with Crippen LogP contribution in [0.4, 0.5) is 0 Å². The van der Waals surface area contributed by atoms with Crippen LogP contribution < -0.4 is 5.32 Å². The van der Waals surface area contributed by atoms with Crippen molar-refractivity contribution in [3.8, 4) is 0 Å². The summed E-state index contributed by atoms with van der Waals surface area (Å²) in [5.74, 6) is -0.809. The van der Waals surface area contributed by atoms with Crippen molar-refractivity contribution in [2.75, 3.05) is 13.6 Å². The number of halogens is 3. The minimum Gasteiger partial charge on any atom is -0.352 e. The molecule has 3 rings (SSSR count). The average Bonchev–Trinajstić information content (AvgIpc) is 2.86. The Morgan fingerprint density at radius 3 is 2.16 bits per heavy atom. The lowest BCUT2D eigenvalue weighted by atomic mass is 9.95. The van der Waals surface area contributed by atoms with E-state index in [1.165, 1.54) is 36.2 Å². The first-order valence-corrected chi connectivity index (χ1v) is 14.9. The van der Waals surface area contributed by atoms with E-state index in [1.807, 2.05) is 6.92 Å². The molecule has 1 atom stereocenters. The molecule has 0 heterocycles. The molecule has 1 saturated carbocycles. The molecule has 0 aromatic heterocycles. The van der Waals surface area contributed by atoms with E-state index in [2.05, 4.69) is 5.32 Å². The van der Waals surface area contributed by atoms with Crippen molar-refractivity contribution in [1.82, 2.24) is 14.5 Å². The molecule has 1 aliphatic carbocycles. The molecular weight excluding hydrogens is 557 g/mol. The predicted molar refractivity (Wildman–Crippen MR) is 147 cm³/mol. The molecule has 2 aromatic carbocycles. The number of nitrogens with zero attached hydrogens (tertiary/aromatic N) is 2. The summed E-state index contributed by atoms with van der Waals surface area (Å²) in [6, 6.07) is 9.95. The zero-order valence-corrected chi connectivity index (χ0v) is 24.0. The van der Waals surface area contributed by atoms with Crippen LogP contribution in [0.25, 0.3) is 0 Å². The largest absolute Gasteiger partial charge is 0.352 e. The van der Waals surface area contributed by atoms with Crippen LogP contribution in [0.5, 0.6) is 0 Å². The van der Waals surface area contributed by atoms with E-state index in [0.29, 0.717) is 27.1 Å². The van der Waals surface area contributed by atoms with Crippen LogP contribution >= 0.6 is 34.8 Å². The van der Waals surface area contributed by atoms with Crippen LogP contribution in [0, 0.1) is 0 Å². The number of carbonyl (C=O) groups is 2. The maximum atomic E-state index is 13.6. The molecule has 202 valence electrons. The van der Waals surface area contributed by atoms with E-state index in [1.54, 1.807) is 18.2 Å². The van der Waals surface area contributed by atoms with Crippen molar-refractivity contribution in [3.05, 3.63) is 63.1 Å². The molecular formula is C26H32Cl3N3O4S. The minimum absolute atomic E-state index is 0.00924. The molecule has 11 heteroatoms. The van der Waals surface area contributed by atoms with E-state index >= 15 is 0 Å². The predicted octanol–water partition coefficient (Wildman–Crippen LogP) is 5.52. The molecule has 1 aliphatic rings. The molecule has 1 N–H and O–H groups in total. The van der Waals surface area contributed by atoms with Crippen LogP contribution in [0.1, 0.15) is 51.0 Å². The summed E-state index contributed by atoms with van der Waals surface area (Å²) in [6.45, 7) is 1.30. The first-order valence-electron chi connectivity index (χ1n) is 12.3. The van der Waals surface area contributed by atoms with E-state index in [-0.39, 0.29) is 23.4 Å². The van der Waals surface area contributed by atoms with Crippen LogP contribution in [-0.2, 0) is 26.2 Å². The molecule has 0 saturated heterocycles. The molecule has 0 aliphatic heterocycles. The van der Waals surface area contributed by atoms with E-state index in [4.69, 9.17) is 34.8 Å². The summed E-state index contributed by atoms with van der Waals surface area (Å²) in [5, 5.41) is 4.20. The van der Waals surface area contributed by atoms with Crippen molar-refractivity contribution in [2.24, 2.45) is 0 Å². The Morgan fingerprint density at radius 2 is 1.59 bits per heavy atom. The lowest BCUT2D eigenvalue weighted by molar-refractivity contribution is -0.141. The summed E-state index contributed by atoms with van der Waals surface area (Å²) in [5.41, 5.74) is 0.492. The standard InChI is InChI=1S/C26H32Cl3N3O4S/c1-3-24(26(34)30-19-8-5-4-6-9-19)32(16-21-22(28)10-7-11-23(21)29)25(33)17-31(2)37(35,36)20-14-12-18(27)13-15-20/h7,10-15,19,24H,3-6,8-9,16-17H2,1-2H3,(H,30,34). The maximum Gasteiger partial charge on any atom is 0.243 e. The van der Waals surface area contributed by atoms with Gasteiger partial charge in [0.25, 0.3) is 0 Å². The highest BCUT2D eigenvalue weighted by Gasteiger charge is 2.33. The number of likely N-dealkylation sites (N-methyl/N-ethyl adjacent to an activating group) is 1. The molecule has 37 heavy (non-hydrogen) atoms. The third-order valence-electron chi connectivity index (χ3n) is 6.61. The van der Waals surface area contributed by atoms with E-state index in [9.17, 15) is 18.0 Å². The van der Waals surface area contributed by atoms with Gasteiger partial charge in [0.1, 0.15) is 6.04 Å². The van der Waals surface area contributed by atoms with E-state index in [0.717, 1.165) is 36.4 Å². The number of hydrogen-bond acceptors (Lipinski definition) is 4. The van der Waals surface area contributed by atoms with Gasteiger partial charge in [0.2, 0.25) is 21.8 Å². The SMILES string of the molecule is CCC(C(=O)NC1CCCCC1)N(Cc1c(Cl)cccc1Cl)C(=O)CN(C)S(=O)(=O)c1ccc(Cl)cc1. The summed E-state index contributed by atoms with van der Waals surface area (Å²) < 4.78 is 27.2. The number of hydrogen-bond donors (Lipinski definition) is 1. The molecule has 2 amide bonds. The number of nitrogens with one attached hydrogen (secondary N) is 1. The Labute approximate surface area is 234 Å². The fourth-order valence-electron chi connectivity index (χ4n) is 4.47. The van der Waals surface area contributed by atoms with Gasteiger partial charge in [-0.1, -0.05) is 67.1 Å². The first-order chi connectivity index (χ1) is 17.5. The van der Waals surface area contributed by atoms with Gasteiger partial charge in [-0.2, -0.15) is 4.31 Å². The van der Waals surface area contributed by atoms with Gasteiger partial charge >= 0.3 is 0 Å². The topological polar surface area (TPSA) is 86.8 Å². The molecule has 0 spiro atoms. The van der Waals surface area contributed by atoms with Crippen molar-refractivity contribution < 1.29 is 18.0 Å². The van der Waals surface area contributed by atoms with Gasteiger partial charge < -0.3 is 10.2 Å². The lowest BCUT2D eigenvalue weighted by Gasteiger charge is -2.34. The van der Waals surface area contributed by atoms with Gasteiger partial charge in [-0.05, 0) is 55.7 Å². The molecule has 0 bridgehead atoms. The van der Waals surface area contributed by atoms with Crippen LogP contribution in [-0.4, -0.2) is 55.1 Å². The second-order valence-electron chi connectivity index (χ2n) is 9.20. The van der Waals surface area contributed by atoms with Crippen molar-refractivity contribution in [2.45, 2.75) is 69.0 Å². The fraction of sp³-hybridized carbons (Fsp3) is 0.462. The normalized spacial score (nSPS) is 15.4. The fourth-order valence-corrected chi connectivity index (χ4v) is 6.23. The van der Waals surface area contributed by atoms with E-state index < -0.39 is 28.5 Å². The van der Waals surface area contributed by atoms with Crippen molar-refractivity contribution in [1.29, 1.82) is 0 Å². The Balaban J connectivity index is 1.88. The molecule has 2 aromatic rings. The number of sulfonamides is 1. The quantitative estimate of drug-likeness (QED) is 0.396. The third kappa shape index (κ3) is 7.60. The lowest BCUT2D eigenvalue weighted by Crippen LogP contribution is -2.53. The second-order valence-corrected chi connectivity index (χ2v) is 12.5. The Kier molecular flexibility index (Phi) is 10.7. The summed E-state index contributed by atoms with van der Waals surface area (Å²) in [4.78, 5) is 28.4. The summed E-state index contributed by atoms with van der Waals surface area (Å²) >= 11 is 18.7.